The van der Waals surface area contributed by atoms with Crippen molar-refractivity contribution in [1.29, 1.82) is 0 Å². The summed E-state index contributed by atoms with van der Waals surface area (Å²) in [4.78, 5) is 46.0. The molecule has 0 saturated heterocycles. The molecule has 0 spiro atoms. The molecule has 0 heterocycles. The molecule has 0 aliphatic carbocycles. The largest absolute Gasteiger partial charge is 0.480 e. The highest BCUT2D eigenvalue weighted by Crippen LogP contribution is 1.98. The Morgan fingerprint density at radius 1 is 1.20 bits per heavy atom. The fourth-order valence-corrected chi connectivity index (χ4v) is 1.36. The zero-order valence-corrected chi connectivity index (χ0v) is 11.6. The van der Waals surface area contributed by atoms with Crippen LogP contribution in [-0.4, -0.2) is 59.4 Å². The Morgan fingerprint density at radius 2 is 1.75 bits per heavy atom. The number of carbonyl (C=O) groups excluding carboxylic acids is 3. The summed E-state index contributed by atoms with van der Waals surface area (Å²) in [5.74, 6) is -3.50. The number of aliphatic carboxylic acids is 1. The lowest BCUT2D eigenvalue weighted by molar-refractivity contribution is -0.153. The molecule has 0 aliphatic heterocycles. The molecule has 20 heavy (non-hydrogen) atoms. The van der Waals surface area contributed by atoms with E-state index >= 15 is 0 Å². The van der Waals surface area contributed by atoms with Gasteiger partial charge in [0.25, 0.3) is 11.7 Å². The maximum atomic E-state index is 11.6. The smallest absolute Gasteiger partial charge is 0.320 e. The van der Waals surface area contributed by atoms with Crippen molar-refractivity contribution in [2.45, 2.75) is 32.7 Å². The number of ether oxygens (including phenoxy) is 1. The highest BCUT2D eigenvalue weighted by atomic mass is 16.5. The molecule has 114 valence electrons. The van der Waals surface area contributed by atoms with E-state index < -0.39 is 36.3 Å². The number of esters is 1. The van der Waals surface area contributed by atoms with Crippen LogP contribution in [0.15, 0.2) is 0 Å². The minimum absolute atomic E-state index is 0.0909. The number of ketones is 1. The quantitative estimate of drug-likeness (QED) is 0.418. The second-order valence-corrected chi connectivity index (χ2v) is 4.04. The fraction of sp³-hybridized carbons (Fsp3) is 0.667. The minimum Gasteiger partial charge on any atom is -0.480 e. The maximum Gasteiger partial charge on any atom is 0.320 e. The van der Waals surface area contributed by atoms with E-state index in [2.05, 4.69) is 4.74 Å². The van der Waals surface area contributed by atoms with Crippen LogP contribution in [-0.2, 0) is 23.9 Å². The third-order valence-electron chi connectivity index (χ3n) is 2.63. The molecule has 0 radical (unpaired) electrons. The van der Waals surface area contributed by atoms with Gasteiger partial charge >= 0.3 is 11.9 Å². The van der Waals surface area contributed by atoms with Crippen LogP contribution in [0.2, 0.25) is 0 Å². The van der Waals surface area contributed by atoms with Gasteiger partial charge in [0.1, 0.15) is 6.04 Å². The van der Waals surface area contributed by atoms with Crippen molar-refractivity contribution in [1.82, 2.24) is 4.90 Å². The predicted molar refractivity (Wildman–Crippen MR) is 68.7 cm³/mol. The maximum absolute atomic E-state index is 11.6. The molecule has 0 aromatic rings. The van der Waals surface area contributed by atoms with Crippen LogP contribution in [0.5, 0.6) is 0 Å². The molecule has 0 aromatic heterocycles. The van der Waals surface area contributed by atoms with Crippen molar-refractivity contribution in [2.75, 3.05) is 19.7 Å². The van der Waals surface area contributed by atoms with E-state index in [0.717, 1.165) is 0 Å². The van der Waals surface area contributed by atoms with Crippen LogP contribution >= 0.6 is 0 Å². The van der Waals surface area contributed by atoms with Crippen LogP contribution in [0.1, 0.15) is 26.7 Å². The van der Waals surface area contributed by atoms with Crippen molar-refractivity contribution in [3.8, 4) is 0 Å². The van der Waals surface area contributed by atoms with Gasteiger partial charge in [0, 0.05) is 19.5 Å². The van der Waals surface area contributed by atoms with Crippen LogP contribution in [0.4, 0.5) is 0 Å². The van der Waals surface area contributed by atoms with Crippen molar-refractivity contribution in [3.05, 3.63) is 0 Å². The third-order valence-corrected chi connectivity index (χ3v) is 2.63. The second kappa shape index (κ2) is 9.03. The van der Waals surface area contributed by atoms with E-state index in [0.29, 0.717) is 13.1 Å². The van der Waals surface area contributed by atoms with Gasteiger partial charge < -0.3 is 20.5 Å². The molecule has 3 N–H and O–H groups in total. The number of nitrogens with two attached hydrogens (primary N) is 1. The molecular formula is C12H20N2O6. The van der Waals surface area contributed by atoms with Crippen molar-refractivity contribution >= 4 is 23.6 Å². The van der Waals surface area contributed by atoms with E-state index in [-0.39, 0.29) is 12.8 Å². The van der Waals surface area contributed by atoms with Crippen LogP contribution in [0, 0.1) is 0 Å². The van der Waals surface area contributed by atoms with Gasteiger partial charge in [-0.25, -0.2) is 0 Å². The van der Waals surface area contributed by atoms with Gasteiger partial charge in [-0.2, -0.15) is 0 Å². The Kier molecular flexibility index (Phi) is 8.14. The van der Waals surface area contributed by atoms with Gasteiger partial charge in [0.05, 0.1) is 0 Å². The van der Waals surface area contributed by atoms with Gasteiger partial charge in [-0.15, -0.1) is 0 Å². The molecule has 0 fully saturated rings. The lowest BCUT2D eigenvalue weighted by atomic mass is 10.2. The Morgan fingerprint density at radius 3 is 2.20 bits per heavy atom. The first kappa shape index (κ1) is 18.0. The molecule has 0 bridgehead atoms. The number of hydrogen-bond donors (Lipinski definition) is 2. The summed E-state index contributed by atoms with van der Waals surface area (Å²) in [5, 5.41) is 8.52. The average Bonchev–Trinajstić information content (AvgIpc) is 2.42. The summed E-state index contributed by atoms with van der Waals surface area (Å²) in [6.07, 6.45) is -0.313. The van der Waals surface area contributed by atoms with Crippen molar-refractivity contribution in [2.24, 2.45) is 5.73 Å². The number of Topliss-reactive ketones (excluding diaryl/α,β-unsaturated/α-hetero) is 1. The first-order valence-corrected chi connectivity index (χ1v) is 6.29. The zero-order chi connectivity index (χ0) is 15.7. The zero-order valence-electron chi connectivity index (χ0n) is 11.6. The van der Waals surface area contributed by atoms with Gasteiger partial charge in [-0.3, -0.25) is 19.2 Å². The molecule has 0 aromatic carbocycles. The first-order chi connectivity index (χ1) is 9.33. The Balaban J connectivity index is 4.09. The summed E-state index contributed by atoms with van der Waals surface area (Å²) < 4.78 is 4.61. The minimum atomic E-state index is -1.22. The number of carboxylic acid groups (broad SMARTS) is 1. The predicted octanol–water partition coefficient (Wildman–Crippen LogP) is -0.841. The average molecular weight is 288 g/mol. The number of nitrogens with zero attached hydrogens (tertiary/aromatic N) is 1. The number of amides is 1. The summed E-state index contributed by atoms with van der Waals surface area (Å²) >= 11 is 0. The van der Waals surface area contributed by atoms with Crippen molar-refractivity contribution < 1.29 is 29.0 Å². The number of carbonyl (C=O) groups is 4. The Bertz CT molecular complexity index is 378. The van der Waals surface area contributed by atoms with Gasteiger partial charge in [-0.1, -0.05) is 0 Å². The SMILES string of the molecule is CCN(CC)C(=O)C(=O)COC(=O)CC[C@H](N)C(=O)O. The molecule has 1 amide bonds. The molecule has 8 nitrogen and oxygen atoms in total. The first-order valence-electron chi connectivity index (χ1n) is 6.29. The lowest BCUT2D eigenvalue weighted by Gasteiger charge is -2.17. The Hall–Kier alpha value is -1.96. The van der Waals surface area contributed by atoms with E-state index in [1.807, 2.05) is 0 Å². The molecule has 0 unspecified atom stereocenters. The number of rotatable bonds is 9. The molecule has 0 rings (SSSR count). The molecule has 8 heteroatoms. The van der Waals surface area contributed by atoms with Crippen LogP contribution < -0.4 is 5.73 Å². The van der Waals surface area contributed by atoms with Gasteiger partial charge in [0.15, 0.2) is 6.61 Å². The van der Waals surface area contributed by atoms with E-state index in [1.165, 1.54) is 4.90 Å². The highest BCUT2D eigenvalue weighted by Gasteiger charge is 2.21. The summed E-state index contributed by atoms with van der Waals surface area (Å²) in [6.45, 7) is 3.60. The standard InChI is InChI=1S/C12H20N2O6/c1-3-14(4-2)11(17)9(15)7-20-10(16)6-5-8(13)12(18)19/h8H,3-7,13H2,1-2H3,(H,18,19)/t8-/m0/s1. The monoisotopic (exact) mass is 288 g/mol. The molecular weight excluding hydrogens is 268 g/mol. The van der Waals surface area contributed by atoms with E-state index in [1.54, 1.807) is 13.8 Å². The molecule has 0 aliphatic rings. The van der Waals surface area contributed by atoms with Gasteiger partial charge in [0.2, 0.25) is 0 Å². The second-order valence-electron chi connectivity index (χ2n) is 4.04. The molecule has 0 saturated carbocycles. The topological polar surface area (TPSA) is 127 Å². The van der Waals surface area contributed by atoms with E-state index in [9.17, 15) is 19.2 Å². The summed E-state index contributed by atoms with van der Waals surface area (Å²) in [7, 11) is 0. The summed E-state index contributed by atoms with van der Waals surface area (Å²) in [6, 6.07) is -1.16. The molecule has 1 atom stereocenters. The van der Waals surface area contributed by atoms with Crippen LogP contribution in [0.3, 0.4) is 0 Å². The number of carboxylic acids is 1. The number of hydrogen-bond acceptors (Lipinski definition) is 6. The third kappa shape index (κ3) is 6.28. The fourth-order valence-electron chi connectivity index (χ4n) is 1.36. The highest BCUT2D eigenvalue weighted by molar-refractivity contribution is 6.36. The van der Waals surface area contributed by atoms with Gasteiger partial charge in [-0.05, 0) is 20.3 Å². The van der Waals surface area contributed by atoms with E-state index in [4.69, 9.17) is 10.8 Å². The normalized spacial score (nSPS) is 11.6. The van der Waals surface area contributed by atoms with Crippen LogP contribution in [0.25, 0.3) is 0 Å². The van der Waals surface area contributed by atoms with Crippen molar-refractivity contribution in [3.63, 3.8) is 0 Å². The summed E-state index contributed by atoms with van der Waals surface area (Å²) in [5.41, 5.74) is 5.21. The lowest BCUT2D eigenvalue weighted by Crippen LogP contribution is -2.38. The Labute approximate surface area is 116 Å². The number of likely N-dealkylation sites (N-methyl/N-ethyl adjacent to an activating group) is 1.